The third-order valence-electron chi connectivity index (χ3n) is 5.68. The number of rotatable bonds is 4. The van der Waals surface area contributed by atoms with Crippen molar-refractivity contribution in [2.24, 2.45) is 5.92 Å². The molecule has 3 rings (SSSR count). The van der Waals surface area contributed by atoms with Gasteiger partial charge in [0.05, 0.1) is 17.9 Å². The number of aryl methyl sites for hydroxylation is 1. The van der Waals surface area contributed by atoms with Gasteiger partial charge in [-0.3, -0.25) is 9.59 Å². The molecule has 7 nitrogen and oxygen atoms in total. The molecule has 0 spiro atoms. The molecule has 0 atom stereocenters. The second-order valence-electron chi connectivity index (χ2n) is 7.53. The van der Waals surface area contributed by atoms with Crippen molar-refractivity contribution in [1.29, 1.82) is 0 Å². The third-order valence-corrected chi connectivity index (χ3v) is 7.73. The van der Waals surface area contributed by atoms with Crippen LogP contribution in [0.1, 0.15) is 48.0 Å². The summed E-state index contributed by atoms with van der Waals surface area (Å²) in [6.07, 6.45) is 3.90. The summed E-state index contributed by atoms with van der Waals surface area (Å²) in [6, 6.07) is 4.89. The molecule has 1 aromatic rings. The van der Waals surface area contributed by atoms with Crippen LogP contribution < -0.4 is 0 Å². The first kappa shape index (κ1) is 20.8. The zero-order valence-electron chi connectivity index (χ0n) is 16.5. The van der Waals surface area contributed by atoms with E-state index in [4.69, 9.17) is 4.74 Å². The van der Waals surface area contributed by atoms with Gasteiger partial charge in [0.25, 0.3) is 5.91 Å². The van der Waals surface area contributed by atoms with E-state index in [1.807, 2.05) is 0 Å². The molecule has 0 radical (unpaired) electrons. The molecule has 0 N–H and O–H groups in total. The molecule has 8 heteroatoms. The van der Waals surface area contributed by atoms with Crippen molar-refractivity contribution in [3.63, 3.8) is 0 Å². The lowest BCUT2D eigenvalue weighted by Crippen LogP contribution is -2.40. The standard InChI is InChI=1S/C20H28N2O5S/c1-15-6-7-17(14-18(15)28(25,26)22-10-4-3-5-11-22)19(23)21-12-8-16(9-13-21)20(24)27-2/h6-7,14,16H,3-5,8-13H2,1-2H3. The number of nitrogens with zero attached hydrogens (tertiary/aromatic N) is 2. The van der Waals surface area contributed by atoms with Crippen LogP contribution in [0.4, 0.5) is 0 Å². The van der Waals surface area contributed by atoms with Crippen molar-refractivity contribution in [1.82, 2.24) is 9.21 Å². The van der Waals surface area contributed by atoms with E-state index in [9.17, 15) is 18.0 Å². The molecule has 0 aromatic heterocycles. The fourth-order valence-electron chi connectivity index (χ4n) is 3.92. The van der Waals surface area contributed by atoms with Crippen LogP contribution in [0.5, 0.6) is 0 Å². The number of benzene rings is 1. The molecular weight excluding hydrogens is 380 g/mol. The van der Waals surface area contributed by atoms with E-state index in [1.165, 1.54) is 17.5 Å². The third kappa shape index (κ3) is 4.22. The van der Waals surface area contributed by atoms with Crippen molar-refractivity contribution < 1.29 is 22.7 Å². The fourth-order valence-corrected chi connectivity index (χ4v) is 5.69. The SMILES string of the molecule is COC(=O)C1CCN(C(=O)c2ccc(C)c(S(=O)(=O)N3CCCCC3)c2)CC1. The van der Waals surface area contributed by atoms with Crippen LogP contribution in [0.3, 0.4) is 0 Å². The maximum Gasteiger partial charge on any atom is 0.308 e. The molecule has 1 aromatic carbocycles. The minimum Gasteiger partial charge on any atom is -0.469 e. The summed E-state index contributed by atoms with van der Waals surface area (Å²) in [5.74, 6) is -0.613. The van der Waals surface area contributed by atoms with Gasteiger partial charge in [-0.05, 0) is 50.3 Å². The number of methoxy groups -OCH3 is 1. The van der Waals surface area contributed by atoms with E-state index in [2.05, 4.69) is 0 Å². The maximum absolute atomic E-state index is 13.1. The van der Waals surface area contributed by atoms with Crippen LogP contribution in [-0.4, -0.2) is 62.8 Å². The lowest BCUT2D eigenvalue weighted by Gasteiger charge is -2.31. The zero-order valence-corrected chi connectivity index (χ0v) is 17.3. The Labute approximate surface area is 166 Å². The molecule has 0 saturated carbocycles. The Bertz CT molecular complexity index is 838. The highest BCUT2D eigenvalue weighted by atomic mass is 32.2. The normalized spacial score (nSPS) is 19.4. The smallest absolute Gasteiger partial charge is 0.308 e. The highest BCUT2D eigenvalue weighted by molar-refractivity contribution is 7.89. The van der Waals surface area contributed by atoms with E-state index in [-0.39, 0.29) is 22.7 Å². The number of ether oxygens (including phenoxy) is 1. The van der Waals surface area contributed by atoms with E-state index in [0.29, 0.717) is 50.1 Å². The molecule has 0 bridgehead atoms. The topological polar surface area (TPSA) is 84.0 Å². The number of sulfonamides is 1. The van der Waals surface area contributed by atoms with E-state index < -0.39 is 10.0 Å². The summed E-state index contributed by atoms with van der Waals surface area (Å²) < 4.78 is 32.4. The van der Waals surface area contributed by atoms with Crippen molar-refractivity contribution >= 4 is 21.9 Å². The van der Waals surface area contributed by atoms with E-state index in [0.717, 1.165) is 19.3 Å². The van der Waals surface area contributed by atoms with Gasteiger partial charge in [-0.15, -0.1) is 0 Å². The van der Waals surface area contributed by atoms with E-state index >= 15 is 0 Å². The predicted molar refractivity (Wildman–Crippen MR) is 104 cm³/mol. The zero-order chi connectivity index (χ0) is 20.3. The average molecular weight is 409 g/mol. The Morgan fingerprint density at radius 1 is 1.04 bits per heavy atom. The Kier molecular flexibility index (Phi) is 6.40. The fraction of sp³-hybridized carbons (Fsp3) is 0.600. The van der Waals surface area contributed by atoms with Crippen molar-refractivity contribution in [2.75, 3.05) is 33.3 Å². The molecule has 1 amide bonds. The second-order valence-corrected chi connectivity index (χ2v) is 9.44. The molecule has 2 saturated heterocycles. The number of esters is 1. The molecule has 2 fully saturated rings. The molecule has 2 heterocycles. The van der Waals surface area contributed by atoms with Crippen LogP contribution >= 0.6 is 0 Å². The Morgan fingerprint density at radius 3 is 2.29 bits per heavy atom. The average Bonchev–Trinajstić information content (AvgIpc) is 2.73. The molecule has 0 aliphatic carbocycles. The quantitative estimate of drug-likeness (QED) is 0.713. The van der Waals surface area contributed by atoms with Gasteiger partial charge in [-0.1, -0.05) is 12.5 Å². The lowest BCUT2D eigenvalue weighted by molar-refractivity contribution is -0.146. The number of carbonyl (C=O) groups is 2. The van der Waals surface area contributed by atoms with Crippen molar-refractivity contribution in [3.05, 3.63) is 29.3 Å². The van der Waals surface area contributed by atoms with Gasteiger partial charge >= 0.3 is 5.97 Å². The van der Waals surface area contributed by atoms with Gasteiger partial charge in [0, 0.05) is 31.7 Å². The van der Waals surface area contributed by atoms with Crippen LogP contribution in [-0.2, 0) is 19.6 Å². The number of hydrogen-bond donors (Lipinski definition) is 0. The first-order chi connectivity index (χ1) is 13.3. The lowest BCUT2D eigenvalue weighted by atomic mass is 9.96. The van der Waals surface area contributed by atoms with Crippen LogP contribution in [0.25, 0.3) is 0 Å². The minimum atomic E-state index is -3.60. The Balaban J connectivity index is 1.78. The maximum atomic E-state index is 13.1. The summed E-state index contributed by atoms with van der Waals surface area (Å²) in [5.41, 5.74) is 1.02. The number of piperidine rings is 2. The number of likely N-dealkylation sites (tertiary alicyclic amines) is 1. The van der Waals surface area contributed by atoms with Gasteiger partial charge in [-0.2, -0.15) is 4.31 Å². The van der Waals surface area contributed by atoms with Crippen molar-refractivity contribution in [3.8, 4) is 0 Å². The molecule has 2 aliphatic rings. The highest BCUT2D eigenvalue weighted by Crippen LogP contribution is 2.26. The monoisotopic (exact) mass is 408 g/mol. The van der Waals surface area contributed by atoms with Gasteiger partial charge in [0.2, 0.25) is 10.0 Å². The van der Waals surface area contributed by atoms with E-state index in [1.54, 1.807) is 24.0 Å². The largest absolute Gasteiger partial charge is 0.469 e. The molecule has 2 aliphatic heterocycles. The second kappa shape index (κ2) is 8.61. The highest BCUT2D eigenvalue weighted by Gasteiger charge is 2.31. The molecule has 0 unspecified atom stereocenters. The van der Waals surface area contributed by atoms with Gasteiger partial charge < -0.3 is 9.64 Å². The van der Waals surface area contributed by atoms with Crippen LogP contribution in [0.2, 0.25) is 0 Å². The first-order valence-corrected chi connectivity index (χ1v) is 11.3. The number of carbonyl (C=O) groups excluding carboxylic acids is 2. The molecular formula is C20H28N2O5S. The molecule has 28 heavy (non-hydrogen) atoms. The van der Waals surface area contributed by atoms with Crippen LogP contribution in [0.15, 0.2) is 23.1 Å². The van der Waals surface area contributed by atoms with Crippen LogP contribution in [0, 0.1) is 12.8 Å². The summed E-state index contributed by atoms with van der Waals surface area (Å²) in [7, 11) is -2.23. The summed E-state index contributed by atoms with van der Waals surface area (Å²) in [6.45, 7) is 3.73. The number of amides is 1. The number of hydrogen-bond acceptors (Lipinski definition) is 5. The predicted octanol–water partition coefficient (Wildman–Crippen LogP) is 2.19. The van der Waals surface area contributed by atoms with Gasteiger partial charge in [0.1, 0.15) is 0 Å². The molecule has 154 valence electrons. The van der Waals surface area contributed by atoms with Crippen molar-refractivity contribution in [2.45, 2.75) is 43.9 Å². The summed E-state index contributed by atoms with van der Waals surface area (Å²) >= 11 is 0. The first-order valence-electron chi connectivity index (χ1n) is 9.82. The Morgan fingerprint density at radius 2 is 1.68 bits per heavy atom. The van der Waals surface area contributed by atoms with Gasteiger partial charge in [0.15, 0.2) is 0 Å². The minimum absolute atomic E-state index is 0.179. The summed E-state index contributed by atoms with van der Waals surface area (Å²) in [4.78, 5) is 26.5. The van der Waals surface area contributed by atoms with Gasteiger partial charge in [-0.25, -0.2) is 8.42 Å². The summed E-state index contributed by atoms with van der Waals surface area (Å²) in [5, 5.41) is 0. The Hall–Kier alpha value is -1.93.